The van der Waals surface area contributed by atoms with Crippen LogP contribution in [0.5, 0.6) is 5.75 Å². The maximum atomic E-state index is 13.6. The monoisotopic (exact) mass is 922 g/mol. The summed E-state index contributed by atoms with van der Waals surface area (Å²) in [6, 6.07) is 0. The van der Waals surface area contributed by atoms with Crippen molar-refractivity contribution in [1.82, 2.24) is 0 Å². The molecule has 0 aliphatic carbocycles. The van der Waals surface area contributed by atoms with E-state index in [-0.39, 0.29) is 39.0 Å². The number of unbranched alkanes of at least 4 members (excludes halogenated alkanes) is 8. The molecule has 0 saturated heterocycles. The lowest BCUT2D eigenvalue weighted by Crippen LogP contribution is -2.16. The summed E-state index contributed by atoms with van der Waals surface area (Å²) in [6.45, 7) is 10.2. The zero-order valence-electron chi connectivity index (χ0n) is 37.1. The molecule has 0 aromatic heterocycles. The smallest absolute Gasteiger partial charge is 0.313 e. The molecule has 20 heteroatoms. The molecule has 0 fully saturated rings. The number of esters is 2. The van der Waals surface area contributed by atoms with Crippen LogP contribution < -0.4 is 4.74 Å². The first-order valence-electron chi connectivity index (χ1n) is 22.0. The Morgan fingerprint density at radius 1 is 0.317 bits per heavy atom. The summed E-state index contributed by atoms with van der Waals surface area (Å²) < 4.78 is 136. The molecule has 0 heterocycles. The molecule has 0 aliphatic heterocycles. The quantitative estimate of drug-likeness (QED) is 0.0179. The van der Waals surface area contributed by atoms with Gasteiger partial charge in [0.1, 0.15) is 6.61 Å². The van der Waals surface area contributed by atoms with Gasteiger partial charge in [0.15, 0.2) is 0 Å². The van der Waals surface area contributed by atoms with Crippen LogP contribution in [0, 0.1) is 29.1 Å². The molecule has 63 heavy (non-hydrogen) atoms. The molecule has 0 aliphatic rings. The average Bonchev–Trinajstić information content (AvgIpc) is 3.28. The number of hydrogen-bond donors (Lipinski definition) is 0. The SMILES string of the molecule is CCCCCCCCCCCC(=O)OCCOCCOCCOCCOCCOCCOCCOCCOCCOCCOCCOCCC(=O)Oc1c(F)c(F)c(F)c(F)c1F. The third kappa shape index (κ3) is 34.4. The number of rotatable bonds is 47. The Bertz CT molecular complexity index is 1220. The van der Waals surface area contributed by atoms with Gasteiger partial charge in [-0.25, -0.2) is 13.2 Å². The van der Waals surface area contributed by atoms with Crippen molar-refractivity contribution in [3.8, 4) is 5.75 Å². The number of benzene rings is 1. The molecular formula is C43H71F5O15. The molecule has 0 radical (unpaired) electrons. The van der Waals surface area contributed by atoms with Gasteiger partial charge in [0.2, 0.25) is 34.8 Å². The maximum Gasteiger partial charge on any atom is 0.313 e. The Hall–Kier alpha value is -2.63. The van der Waals surface area contributed by atoms with Gasteiger partial charge in [0.05, 0.1) is 152 Å². The van der Waals surface area contributed by atoms with E-state index < -0.39 is 47.2 Å². The summed E-state index contributed by atoms with van der Waals surface area (Å²) in [5, 5.41) is 0. The van der Waals surface area contributed by atoms with E-state index in [0.29, 0.717) is 125 Å². The number of carbonyl (C=O) groups is 2. The number of hydrogen-bond acceptors (Lipinski definition) is 15. The molecule has 0 N–H and O–H groups in total. The largest absolute Gasteiger partial charge is 0.463 e. The van der Waals surface area contributed by atoms with Crippen LogP contribution in [0.4, 0.5) is 22.0 Å². The minimum atomic E-state index is -2.35. The summed E-state index contributed by atoms with van der Waals surface area (Å²) in [5.74, 6) is -14.3. The summed E-state index contributed by atoms with van der Waals surface area (Å²) in [4.78, 5) is 23.5. The Morgan fingerprint density at radius 3 is 0.921 bits per heavy atom. The second kappa shape index (κ2) is 43.3. The highest BCUT2D eigenvalue weighted by atomic mass is 19.2. The lowest BCUT2D eigenvalue weighted by Gasteiger charge is -2.09. The highest BCUT2D eigenvalue weighted by Crippen LogP contribution is 2.29. The van der Waals surface area contributed by atoms with Crippen LogP contribution in [0.2, 0.25) is 0 Å². The van der Waals surface area contributed by atoms with Crippen molar-refractivity contribution in [1.29, 1.82) is 0 Å². The molecule has 0 amide bonds. The van der Waals surface area contributed by atoms with Crippen molar-refractivity contribution in [3.63, 3.8) is 0 Å². The fraction of sp³-hybridized carbons (Fsp3) is 0.814. The second-order valence-electron chi connectivity index (χ2n) is 13.7. The minimum absolute atomic E-state index is 0.0753. The Balaban J connectivity index is 1.70. The highest BCUT2D eigenvalue weighted by molar-refractivity contribution is 5.72. The summed E-state index contributed by atoms with van der Waals surface area (Å²) in [7, 11) is 0. The molecule has 0 spiro atoms. The van der Waals surface area contributed by atoms with Gasteiger partial charge in [-0.05, 0) is 6.42 Å². The van der Waals surface area contributed by atoms with Gasteiger partial charge < -0.3 is 61.6 Å². The lowest BCUT2D eigenvalue weighted by atomic mass is 10.1. The normalized spacial score (nSPS) is 11.5. The standard InChI is InChI=1S/C43H71F5O15/c1-2-3-4-5-6-7-8-9-10-11-36(49)62-35-34-61-33-32-60-31-30-59-29-28-58-27-26-57-25-24-56-23-22-55-21-20-54-19-18-53-17-16-52-15-14-51-13-12-37(50)63-43-41(47)39(45)38(44)40(46)42(43)48/h2-35H2,1H3. The zero-order valence-corrected chi connectivity index (χ0v) is 37.1. The van der Waals surface area contributed by atoms with Gasteiger partial charge in [0.25, 0.3) is 0 Å². The Kier molecular flexibility index (Phi) is 40.1. The van der Waals surface area contributed by atoms with E-state index in [0.717, 1.165) is 12.8 Å². The van der Waals surface area contributed by atoms with Gasteiger partial charge in [-0.1, -0.05) is 58.3 Å². The van der Waals surface area contributed by atoms with Gasteiger partial charge in [0, 0.05) is 6.42 Å². The zero-order chi connectivity index (χ0) is 45.9. The van der Waals surface area contributed by atoms with E-state index in [1.165, 1.54) is 44.9 Å². The predicted molar refractivity (Wildman–Crippen MR) is 218 cm³/mol. The van der Waals surface area contributed by atoms with Gasteiger partial charge in [-0.3, -0.25) is 9.59 Å². The van der Waals surface area contributed by atoms with Crippen molar-refractivity contribution in [3.05, 3.63) is 29.1 Å². The third-order valence-electron chi connectivity index (χ3n) is 8.53. The first-order chi connectivity index (χ1) is 30.8. The first kappa shape index (κ1) is 58.4. The van der Waals surface area contributed by atoms with Gasteiger partial charge in [-0.15, -0.1) is 0 Å². The molecule has 15 nitrogen and oxygen atoms in total. The summed E-state index contributed by atoms with van der Waals surface area (Å²) >= 11 is 0. The van der Waals surface area contributed by atoms with Crippen LogP contribution in [-0.2, 0) is 66.4 Å². The highest BCUT2D eigenvalue weighted by Gasteiger charge is 2.28. The molecule has 1 aromatic carbocycles. The Morgan fingerprint density at radius 2 is 0.587 bits per heavy atom. The van der Waals surface area contributed by atoms with Crippen LogP contribution in [0.25, 0.3) is 0 Å². The fourth-order valence-corrected chi connectivity index (χ4v) is 5.16. The number of halogens is 5. The number of carbonyl (C=O) groups excluding carboxylic acids is 2. The number of ether oxygens (including phenoxy) is 13. The van der Waals surface area contributed by atoms with Crippen molar-refractivity contribution in [2.75, 3.05) is 152 Å². The van der Waals surface area contributed by atoms with Crippen molar-refractivity contribution in [2.24, 2.45) is 0 Å². The molecule has 1 aromatic rings. The Labute approximate surface area is 369 Å². The molecule has 0 unspecified atom stereocenters. The minimum Gasteiger partial charge on any atom is -0.463 e. The van der Waals surface area contributed by atoms with E-state index in [1.807, 2.05) is 0 Å². The van der Waals surface area contributed by atoms with E-state index in [4.69, 9.17) is 56.8 Å². The third-order valence-corrected chi connectivity index (χ3v) is 8.53. The van der Waals surface area contributed by atoms with Crippen LogP contribution in [0.1, 0.15) is 77.6 Å². The molecule has 0 atom stereocenters. The fourth-order valence-electron chi connectivity index (χ4n) is 5.16. The summed E-state index contributed by atoms with van der Waals surface area (Å²) in [6.07, 6.45) is 10.9. The van der Waals surface area contributed by atoms with Gasteiger partial charge in [-0.2, -0.15) is 8.78 Å². The summed E-state index contributed by atoms with van der Waals surface area (Å²) in [5.41, 5.74) is 0. The predicted octanol–water partition coefficient (Wildman–Crippen LogP) is 6.32. The second-order valence-corrected chi connectivity index (χ2v) is 13.7. The van der Waals surface area contributed by atoms with Crippen LogP contribution >= 0.6 is 0 Å². The van der Waals surface area contributed by atoms with Crippen LogP contribution in [0.3, 0.4) is 0 Å². The van der Waals surface area contributed by atoms with Crippen molar-refractivity contribution < 1.29 is 93.1 Å². The van der Waals surface area contributed by atoms with Crippen molar-refractivity contribution in [2.45, 2.75) is 77.6 Å². The molecule has 0 saturated carbocycles. The van der Waals surface area contributed by atoms with Crippen LogP contribution in [-0.4, -0.2) is 164 Å². The topological polar surface area (TPSA) is 154 Å². The van der Waals surface area contributed by atoms with E-state index in [2.05, 4.69) is 11.7 Å². The lowest BCUT2D eigenvalue weighted by molar-refractivity contribution is -0.145. The van der Waals surface area contributed by atoms with E-state index in [1.54, 1.807) is 0 Å². The maximum absolute atomic E-state index is 13.6. The average molecular weight is 923 g/mol. The van der Waals surface area contributed by atoms with E-state index >= 15 is 0 Å². The first-order valence-corrected chi connectivity index (χ1v) is 22.0. The molecule has 0 bridgehead atoms. The van der Waals surface area contributed by atoms with E-state index in [9.17, 15) is 31.5 Å². The van der Waals surface area contributed by atoms with Crippen molar-refractivity contribution >= 4 is 11.9 Å². The molecular weight excluding hydrogens is 851 g/mol. The van der Waals surface area contributed by atoms with Gasteiger partial charge >= 0.3 is 11.9 Å². The molecule has 368 valence electrons. The van der Waals surface area contributed by atoms with Crippen LogP contribution in [0.15, 0.2) is 0 Å². The molecule has 1 rings (SSSR count).